The third-order valence-corrected chi connectivity index (χ3v) is 4.20. The minimum atomic E-state index is -0.959. The number of carboxylic acid groups (broad SMARTS) is 1. The molecule has 7 nitrogen and oxygen atoms in total. The fourth-order valence-corrected chi connectivity index (χ4v) is 3.03. The van der Waals surface area contributed by atoms with Crippen molar-refractivity contribution >= 4 is 23.3 Å². The number of amides is 1. The summed E-state index contributed by atoms with van der Waals surface area (Å²) >= 11 is 0. The van der Waals surface area contributed by atoms with Gasteiger partial charge in [-0.25, -0.2) is 13.9 Å². The van der Waals surface area contributed by atoms with Crippen molar-refractivity contribution in [1.29, 1.82) is 0 Å². The van der Waals surface area contributed by atoms with Crippen LogP contribution >= 0.6 is 0 Å². The van der Waals surface area contributed by atoms with E-state index in [1.54, 1.807) is 32.3 Å². The normalized spacial score (nSPS) is 11.5. The molecule has 2 aromatic heterocycles. The molecule has 2 heterocycles. The minimum absolute atomic E-state index is 0.0420. The zero-order chi connectivity index (χ0) is 19.6. The van der Waals surface area contributed by atoms with Gasteiger partial charge in [0.15, 0.2) is 11.5 Å². The molecule has 140 valence electrons. The SMILES string of the molecule is CC(C)(CC(=O)O)c1c(NC(=O)Cc2ccc(F)cc2)nn2cccnc12. The molecular formula is C19H19FN4O3. The highest BCUT2D eigenvalue weighted by atomic mass is 19.1. The first-order valence-corrected chi connectivity index (χ1v) is 8.36. The highest BCUT2D eigenvalue weighted by Crippen LogP contribution is 2.35. The number of rotatable bonds is 6. The number of carboxylic acids is 1. The lowest BCUT2D eigenvalue weighted by atomic mass is 9.82. The molecule has 1 aromatic carbocycles. The van der Waals surface area contributed by atoms with Crippen LogP contribution in [0.25, 0.3) is 5.65 Å². The van der Waals surface area contributed by atoms with Crippen molar-refractivity contribution in [1.82, 2.24) is 14.6 Å². The second-order valence-corrected chi connectivity index (χ2v) is 6.92. The Morgan fingerprint density at radius 3 is 2.63 bits per heavy atom. The average molecular weight is 370 g/mol. The molecule has 1 amide bonds. The van der Waals surface area contributed by atoms with Gasteiger partial charge in [-0.15, -0.1) is 5.10 Å². The number of carbonyl (C=O) groups excluding carboxylic acids is 1. The highest BCUT2D eigenvalue weighted by Gasteiger charge is 2.32. The van der Waals surface area contributed by atoms with Crippen LogP contribution in [-0.4, -0.2) is 31.6 Å². The Bertz CT molecular complexity index is 996. The number of hydrogen-bond donors (Lipinski definition) is 2. The van der Waals surface area contributed by atoms with Crippen LogP contribution in [0.3, 0.4) is 0 Å². The maximum absolute atomic E-state index is 13.0. The predicted octanol–water partition coefficient (Wildman–Crippen LogP) is 2.80. The fourth-order valence-electron chi connectivity index (χ4n) is 3.03. The minimum Gasteiger partial charge on any atom is -0.481 e. The van der Waals surface area contributed by atoms with Crippen LogP contribution in [0.4, 0.5) is 10.2 Å². The standard InChI is InChI=1S/C19H19FN4O3/c1-19(2,11-15(26)27)16-17(23-24-9-3-8-21-18(16)24)22-14(25)10-12-4-6-13(20)7-5-12/h3-9H,10-11H2,1-2H3,(H,26,27)(H,22,23,25). The molecule has 27 heavy (non-hydrogen) atoms. The van der Waals surface area contributed by atoms with Crippen LogP contribution in [0.5, 0.6) is 0 Å². The van der Waals surface area contributed by atoms with Crippen LogP contribution in [0.1, 0.15) is 31.4 Å². The summed E-state index contributed by atoms with van der Waals surface area (Å²) in [4.78, 5) is 28.0. The molecule has 0 radical (unpaired) electrons. The van der Waals surface area contributed by atoms with E-state index in [0.717, 1.165) is 0 Å². The van der Waals surface area contributed by atoms with Crippen molar-refractivity contribution in [2.24, 2.45) is 0 Å². The van der Waals surface area contributed by atoms with E-state index in [0.29, 0.717) is 16.8 Å². The first-order valence-electron chi connectivity index (χ1n) is 8.36. The molecule has 8 heteroatoms. The molecule has 0 saturated heterocycles. The third kappa shape index (κ3) is 4.11. The number of hydrogen-bond acceptors (Lipinski definition) is 4. The molecule has 0 atom stereocenters. The quantitative estimate of drug-likeness (QED) is 0.695. The third-order valence-electron chi connectivity index (χ3n) is 4.20. The first-order chi connectivity index (χ1) is 12.8. The Labute approximate surface area is 154 Å². The molecule has 0 spiro atoms. The van der Waals surface area contributed by atoms with Gasteiger partial charge < -0.3 is 10.4 Å². The van der Waals surface area contributed by atoms with E-state index in [9.17, 15) is 19.1 Å². The Hall–Kier alpha value is -3.29. The Kier molecular flexibility index (Phi) is 4.89. The first kappa shape index (κ1) is 18.5. The van der Waals surface area contributed by atoms with Crippen molar-refractivity contribution in [2.45, 2.75) is 32.1 Å². The monoisotopic (exact) mass is 370 g/mol. The molecule has 0 aliphatic heterocycles. The Morgan fingerprint density at radius 1 is 1.26 bits per heavy atom. The highest BCUT2D eigenvalue weighted by molar-refractivity contribution is 5.93. The molecule has 0 aliphatic rings. The lowest BCUT2D eigenvalue weighted by Gasteiger charge is -2.22. The lowest BCUT2D eigenvalue weighted by molar-refractivity contribution is -0.138. The van der Waals surface area contributed by atoms with Crippen LogP contribution in [0, 0.1) is 5.82 Å². The molecule has 2 N–H and O–H groups in total. The molecular weight excluding hydrogens is 351 g/mol. The zero-order valence-electron chi connectivity index (χ0n) is 14.9. The maximum Gasteiger partial charge on any atom is 0.304 e. The number of fused-ring (bicyclic) bond motifs is 1. The smallest absolute Gasteiger partial charge is 0.304 e. The van der Waals surface area contributed by atoms with Gasteiger partial charge in [-0.1, -0.05) is 26.0 Å². The van der Waals surface area contributed by atoms with E-state index < -0.39 is 11.4 Å². The number of nitrogens with zero attached hydrogens (tertiary/aromatic N) is 3. The van der Waals surface area contributed by atoms with Crippen LogP contribution in [0.2, 0.25) is 0 Å². The Morgan fingerprint density at radius 2 is 1.96 bits per heavy atom. The van der Waals surface area contributed by atoms with Crippen molar-refractivity contribution < 1.29 is 19.1 Å². The summed E-state index contributed by atoms with van der Waals surface area (Å²) < 4.78 is 14.5. The second kappa shape index (κ2) is 7.14. The fraction of sp³-hybridized carbons (Fsp3) is 0.263. The van der Waals surface area contributed by atoms with E-state index in [4.69, 9.17) is 0 Å². The molecule has 3 aromatic rings. The van der Waals surface area contributed by atoms with Crippen LogP contribution in [0.15, 0.2) is 42.7 Å². The van der Waals surface area contributed by atoms with Crippen LogP contribution < -0.4 is 5.32 Å². The summed E-state index contributed by atoms with van der Waals surface area (Å²) in [5, 5.41) is 16.3. The van der Waals surface area contributed by atoms with Gasteiger partial charge in [0, 0.05) is 23.4 Å². The molecule has 0 fully saturated rings. The van der Waals surface area contributed by atoms with E-state index >= 15 is 0 Å². The van der Waals surface area contributed by atoms with Crippen molar-refractivity contribution in [3.8, 4) is 0 Å². The number of nitrogens with one attached hydrogen (secondary N) is 1. The molecule has 0 bridgehead atoms. The number of carbonyl (C=O) groups is 2. The van der Waals surface area contributed by atoms with Gasteiger partial charge in [-0.2, -0.15) is 0 Å². The van der Waals surface area contributed by atoms with E-state index in [1.807, 2.05) is 0 Å². The lowest BCUT2D eigenvalue weighted by Crippen LogP contribution is -2.24. The van der Waals surface area contributed by atoms with Crippen LogP contribution in [-0.2, 0) is 21.4 Å². The largest absolute Gasteiger partial charge is 0.481 e. The molecule has 0 saturated carbocycles. The van der Waals surface area contributed by atoms with Gasteiger partial charge in [0.25, 0.3) is 0 Å². The van der Waals surface area contributed by atoms with Crippen molar-refractivity contribution in [3.05, 3.63) is 59.7 Å². The van der Waals surface area contributed by atoms with Gasteiger partial charge in [0.05, 0.1) is 12.8 Å². The van der Waals surface area contributed by atoms with Gasteiger partial charge >= 0.3 is 5.97 Å². The summed E-state index contributed by atoms with van der Waals surface area (Å²) in [6, 6.07) is 7.35. The van der Waals surface area contributed by atoms with Gasteiger partial charge in [-0.05, 0) is 23.8 Å². The summed E-state index contributed by atoms with van der Waals surface area (Å²) in [6.45, 7) is 3.53. The van der Waals surface area contributed by atoms with E-state index in [1.165, 1.54) is 28.8 Å². The summed E-state index contributed by atoms with van der Waals surface area (Å²) in [7, 11) is 0. The van der Waals surface area contributed by atoms with Crippen molar-refractivity contribution in [3.63, 3.8) is 0 Å². The van der Waals surface area contributed by atoms with Gasteiger partial charge in [0.2, 0.25) is 5.91 Å². The van der Waals surface area contributed by atoms with E-state index in [-0.39, 0.29) is 30.4 Å². The van der Waals surface area contributed by atoms with Gasteiger partial charge in [-0.3, -0.25) is 9.59 Å². The number of halogens is 1. The zero-order valence-corrected chi connectivity index (χ0v) is 14.9. The van der Waals surface area contributed by atoms with Gasteiger partial charge in [0.1, 0.15) is 5.82 Å². The summed E-state index contributed by atoms with van der Waals surface area (Å²) in [5.74, 6) is -1.40. The number of anilines is 1. The molecule has 0 aliphatic carbocycles. The Balaban J connectivity index is 1.93. The second-order valence-electron chi connectivity index (χ2n) is 6.92. The number of aliphatic carboxylic acids is 1. The average Bonchev–Trinajstić information content (AvgIpc) is 2.94. The topological polar surface area (TPSA) is 96.6 Å². The number of aromatic nitrogens is 3. The van der Waals surface area contributed by atoms with E-state index in [2.05, 4.69) is 15.4 Å². The molecule has 3 rings (SSSR count). The maximum atomic E-state index is 13.0. The number of benzene rings is 1. The summed E-state index contributed by atoms with van der Waals surface area (Å²) in [5.41, 5.74) is 0.890. The molecule has 0 unspecified atom stereocenters. The summed E-state index contributed by atoms with van der Waals surface area (Å²) in [6.07, 6.45) is 3.16. The van der Waals surface area contributed by atoms with Crippen molar-refractivity contribution in [2.75, 3.05) is 5.32 Å². The predicted molar refractivity (Wildman–Crippen MR) is 97.0 cm³/mol.